The molecule has 148 valence electrons. The third-order valence-electron chi connectivity index (χ3n) is 3.98. The molecule has 0 spiro atoms. The minimum Gasteiger partial charge on any atom is -0.465 e. The highest BCUT2D eigenvalue weighted by molar-refractivity contribution is 6.30. The zero-order chi connectivity index (χ0) is 21.0. The highest BCUT2D eigenvalue weighted by atomic mass is 35.5. The molecule has 0 saturated carbocycles. The number of nitrogens with one attached hydrogen (secondary N) is 2. The molecule has 0 bridgehead atoms. The fourth-order valence-corrected chi connectivity index (χ4v) is 2.79. The average Bonchev–Trinajstić information content (AvgIpc) is 3.23. The van der Waals surface area contributed by atoms with Crippen LogP contribution >= 0.6 is 11.6 Å². The van der Waals surface area contributed by atoms with Crippen molar-refractivity contribution in [2.75, 3.05) is 19.5 Å². The predicted molar refractivity (Wildman–Crippen MR) is 106 cm³/mol. The average molecular weight is 414 g/mol. The number of methoxy groups -OCH3 is 2. The third-order valence-corrected chi connectivity index (χ3v) is 4.21. The largest absolute Gasteiger partial charge is 0.465 e. The molecule has 9 heteroatoms. The van der Waals surface area contributed by atoms with Gasteiger partial charge in [0.1, 0.15) is 5.69 Å². The lowest BCUT2D eigenvalue weighted by atomic mass is 10.1. The molecule has 0 fully saturated rings. The van der Waals surface area contributed by atoms with Gasteiger partial charge in [-0.3, -0.25) is 9.89 Å². The number of amides is 1. The highest BCUT2D eigenvalue weighted by Crippen LogP contribution is 2.22. The SMILES string of the molecule is COC(=O)c1cc(NC(=O)c2cc(-c3cccc(Cl)c3)n[nH]2)cc(C(=O)OC)c1. The molecule has 3 rings (SSSR count). The molecule has 2 aromatic carbocycles. The number of ether oxygens (including phenoxy) is 2. The molecule has 1 heterocycles. The van der Waals surface area contributed by atoms with Gasteiger partial charge in [0.05, 0.1) is 31.0 Å². The predicted octanol–water partition coefficient (Wildman–Crippen LogP) is 3.56. The first-order chi connectivity index (χ1) is 13.9. The lowest BCUT2D eigenvalue weighted by Crippen LogP contribution is -2.14. The Morgan fingerprint density at radius 1 is 0.966 bits per heavy atom. The molecule has 0 aliphatic carbocycles. The Morgan fingerprint density at radius 2 is 1.62 bits per heavy atom. The second-order valence-corrected chi connectivity index (χ2v) is 6.35. The second-order valence-electron chi connectivity index (χ2n) is 5.91. The summed E-state index contributed by atoms with van der Waals surface area (Å²) in [4.78, 5) is 36.3. The fourth-order valence-electron chi connectivity index (χ4n) is 2.60. The maximum Gasteiger partial charge on any atom is 0.337 e. The molecule has 2 N–H and O–H groups in total. The first-order valence-corrected chi connectivity index (χ1v) is 8.73. The molecule has 0 radical (unpaired) electrons. The number of nitrogens with zero attached hydrogens (tertiary/aromatic N) is 1. The van der Waals surface area contributed by atoms with Gasteiger partial charge in [-0.05, 0) is 36.4 Å². The summed E-state index contributed by atoms with van der Waals surface area (Å²) in [6, 6.07) is 12.7. The van der Waals surface area contributed by atoms with Gasteiger partial charge >= 0.3 is 11.9 Å². The van der Waals surface area contributed by atoms with Crippen LogP contribution in [0.1, 0.15) is 31.2 Å². The van der Waals surface area contributed by atoms with Crippen molar-refractivity contribution in [1.29, 1.82) is 0 Å². The molecule has 1 amide bonds. The quantitative estimate of drug-likeness (QED) is 0.619. The number of anilines is 1. The molecular weight excluding hydrogens is 398 g/mol. The first kappa shape index (κ1) is 20.1. The van der Waals surface area contributed by atoms with Crippen molar-refractivity contribution in [2.45, 2.75) is 0 Å². The molecule has 29 heavy (non-hydrogen) atoms. The maximum absolute atomic E-state index is 12.6. The van der Waals surface area contributed by atoms with Crippen LogP contribution in [-0.2, 0) is 9.47 Å². The van der Waals surface area contributed by atoms with Gasteiger partial charge in [0.25, 0.3) is 5.91 Å². The molecule has 0 atom stereocenters. The van der Waals surface area contributed by atoms with Crippen molar-refractivity contribution in [3.05, 3.63) is 70.4 Å². The third kappa shape index (κ3) is 4.61. The van der Waals surface area contributed by atoms with E-state index in [9.17, 15) is 14.4 Å². The topological polar surface area (TPSA) is 110 Å². The van der Waals surface area contributed by atoms with Crippen molar-refractivity contribution in [3.63, 3.8) is 0 Å². The monoisotopic (exact) mass is 413 g/mol. The summed E-state index contributed by atoms with van der Waals surface area (Å²) in [5.74, 6) is -1.82. The van der Waals surface area contributed by atoms with Gasteiger partial charge in [-0.25, -0.2) is 9.59 Å². The van der Waals surface area contributed by atoms with Gasteiger partial charge < -0.3 is 14.8 Å². The van der Waals surface area contributed by atoms with Crippen molar-refractivity contribution >= 4 is 35.1 Å². The summed E-state index contributed by atoms with van der Waals surface area (Å²) in [6.45, 7) is 0. The van der Waals surface area contributed by atoms with Gasteiger partial charge in [-0.15, -0.1) is 0 Å². The number of carbonyl (C=O) groups excluding carboxylic acids is 3. The van der Waals surface area contributed by atoms with Crippen molar-refractivity contribution < 1.29 is 23.9 Å². The van der Waals surface area contributed by atoms with Gasteiger partial charge in [-0.2, -0.15) is 5.10 Å². The minimum atomic E-state index is -0.656. The summed E-state index contributed by atoms with van der Waals surface area (Å²) < 4.78 is 9.36. The van der Waals surface area contributed by atoms with Crippen LogP contribution in [0.4, 0.5) is 5.69 Å². The van der Waals surface area contributed by atoms with Gasteiger partial charge in [0.15, 0.2) is 0 Å². The van der Waals surface area contributed by atoms with Crippen molar-refractivity contribution in [3.8, 4) is 11.3 Å². The summed E-state index contributed by atoms with van der Waals surface area (Å²) in [5.41, 5.74) is 1.87. The van der Waals surface area contributed by atoms with E-state index in [0.717, 1.165) is 5.56 Å². The number of hydrogen-bond donors (Lipinski definition) is 2. The summed E-state index contributed by atoms with van der Waals surface area (Å²) in [5, 5.41) is 9.94. The molecule has 0 unspecified atom stereocenters. The number of aromatic amines is 1. The van der Waals surface area contributed by atoms with Crippen LogP contribution in [0, 0.1) is 0 Å². The molecule has 0 saturated heterocycles. The number of carbonyl (C=O) groups is 3. The molecule has 3 aromatic rings. The number of rotatable bonds is 5. The number of esters is 2. The number of aromatic nitrogens is 2. The Kier molecular flexibility index (Phi) is 5.94. The maximum atomic E-state index is 12.6. The van der Waals surface area contributed by atoms with Crippen LogP contribution < -0.4 is 5.32 Å². The molecule has 8 nitrogen and oxygen atoms in total. The van der Waals surface area contributed by atoms with Crippen molar-refractivity contribution in [2.24, 2.45) is 0 Å². The Hall–Kier alpha value is -3.65. The van der Waals surface area contributed by atoms with Gasteiger partial charge in [0.2, 0.25) is 0 Å². The van der Waals surface area contributed by atoms with E-state index in [1.165, 1.54) is 32.4 Å². The van der Waals surface area contributed by atoms with E-state index in [1.54, 1.807) is 24.3 Å². The van der Waals surface area contributed by atoms with Gasteiger partial charge in [0, 0.05) is 16.3 Å². The van der Waals surface area contributed by atoms with E-state index < -0.39 is 17.8 Å². The van der Waals surface area contributed by atoms with Crippen LogP contribution in [0.15, 0.2) is 48.5 Å². The lowest BCUT2D eigenvalue weighted by molar-refractivity contribution is 0.0599. The smallest absolute Gasteiger partial charge is 0.337 e. The van der Waals surface area contributed by atoms with E-state index >= 15 is 0 Å². The molecule has 0 aliphatic rings. The van der Waals surface area contributed by atoms with Crippen LogP contribution in [0.25, 0.3) is 11.3 Å². The number of benzene rings is 2. The Labute approximate surface area is 170 Å². The Balaban J connectivity index is 1.87. The second kappa shape index (κ2) is 8.57. The molecule has 1 aromatic heterocycles. The fraction of sp³-hybridized carbons (Fsp3) is 0.100. The van der Waals surface area contributed by atoms with E-state index in [4.69, 9.17) is 11.6 Å². The summed E-state index contributed by atoms with van der Waals surface area (Å²) >= 11 is 5.98. The van der Waals surface area contributed by atoms with E-state index in [0.29, 0.717) is 10.7 Å². The standard InChI is InChI=1S/C20H16ClN3O5/c1-28-19(26)12-6-13(20(27)29-2)9-15(8-12)22-18(25)17-10-16(23-24-17)11-4-3-5-14(21)7-11/h3-10H,1-2H3,(H,22,25)(H,23,24). The summed E-state index contributed by atoms with van der Waals surface area (Å²) in [7, 11) is 2.43. The Morgan fingerprint density at radius 3 is 2.21 bits per heavy atom. The minimum absolute atomic E-state index is 0.0925. The summed E-state index contributed by atoms with van der Waals surface area (Å²) in [6.07, 6.45) is 0. The Bertz CT molecular complexity index is 1060. The zero-order valence-electron chi connectivity index (χ0n) is 15.5. The van der Waals surface area contributed by atoms with Gasteiger partial charge in [-0.1, -0.05) is 23.7 Å². The first-order valence-electron chi connectivity index (χ1n) is 8.35. The normalized spacial score (nSPS) is 10.3. The van der Waals surface area contributed by atoms with Crippen LogP contribution in [0.2, 0.25) is 5.02 Å². The van der Waals surface area contributed by atoms with E-state index in [2.05, 4.69) is 25.0 Å². The van der Waals surface area contributed by atoms with Crippen molar-refractivity contribution in [1.82, 2.24) is 10.2 Å². The molecular formula is C20H16ClN3O5. The number of hydrogen-bond acceptors (Lipinski definition) is 6. The number of halogens is 1. The lowest BCUT2D eigenvalue weighted by Gasteiger charge is -2.09. The van der Waals surface area contributed by atoms with Crippen LogP contribution in [0.3, 0.4) is 0 Å². The zero-order valence-corrected chi connectivity index (χ0v) is 16.2. The van der Waals surface area contributed by atoms with E-state index in [-0.39, 0.29) is 22.5 Å². The number of H-pyrrole nitrogens is 1. The van der Waals surface area contributed by atoms with E-state index in [1.807, 2.05) is 6.07 Å². The van der Waals surface area contributed by atoms with Crippen LogP contribution in [0.5, 0.6) is 0 Å². The van der Waals surface area contributed by atoms with Crippen LogP contribution in [-0.4, -0.2) is 42.3 Å². The molecule has 0 aliphatic heterocycles. The highest BCUT2D eigenvalue weighted by Gasteiger charge is 2.17.